The number of imide groups is 1. The number of para-hydroxylation sites is 1. The first-order chi connectivity index (χ1) is 19.9. The number of nitrogens with one attached hydrogen (secondary N) is 1. The molecule has 7 heteroatoms. The van der Waals surface area contributed by atoms with Crippen molar-refractivity contribution in [2.75, 3.05) is 10.2 Å². The highest BCUT2D eigenvalue weighted by molar-refractivity contribution is 6.22. The van der Waals surface area contributed by atoms with E-state index in [1.807, 2.05) is 79.7 Å². The smallest absolute Gasteiger partial charge is 0.238 e. The molecule has 7 rings (SSSR count). The number of phenols is 1. The Bertz CT molecular complexity index is 1640. The van der Waals surface area contributed by atoms with Gasteiger partial charge >= 0.3 is 0 Å². The average Bonchev–Trinajstić information content (AvgIpc) is 3.47. The number of hydrogen-bond acceptors (Lipinski definition) is 6. The molecule has 2 amide bonds. The van der Waals surface area contributed by atoms with Gasteiger partial charge in [0.1, 0.15) is 5.75 Å². The van der Waals surface area contributed by atoms with Crippen molar-refractivity contribution in [3.63, 3.8) is 0 Å². The van der Waals surface area contributed by atoms with Gasteiger partial charge in [-0.25, -0.2) is 0 Å². The Morgan fingerprint density at radius 1 is 0.854 bits per heavy atom. The molecule has 0 unspecified atom stereocenters. The number of ether oxygens (including phenoxy) is 1. The summed E-state index contributed by atoms with van der Waals surface area (Å²) in [6.45, 7) is 1.99. The molecule has 0 spiro atoms. The number of aromatic hydroxyl groups is 1. The third-order valence-electron chi connectivity index (χ3n) is 9.33. The van der Waals surface area contributed by atoms with Gasteiger partial charge in [0.05, 0.1) is 23.6 Å². The molecule has 3 aliphatic rings. The van der Waals surface area contributed by atoms with Gasteiger partial charge in [-0.3, -0.25) is 14.5 Å². The number of hydrogen-bond donors (Lipinski definition) is 3. The molecule has 4 aromatic carbocycles. The molecule has 2 heterocycles. The summed E-state index contributed by atoms with van der Waals surface area (Å²) < 4.78 is 6.48. The standard InChI is InChI=1S/C34H32N2O5/c1-2-20-18-27-31(28-19-30(41-34(20,28)40)26-16-17-29(37)25-11-7-6-10-24(25)26)33(39)36(32(27)38)23-14-12-22(13-15-23)35-21-8-4-3-5-9-21/h3-17,20,27-28,30-31,35,37,40H,2,18-19H2,1H3/t20-,27-,28-,30-,31-,34+/m0/s1. The Kier molecular flexibility index (Phi) is 6.10. The minimum Gasteiger partial charge on any atom is -0.507 e. The Labute approximate surface area is 238 Å². The first-order valence-corrected chi connectivity index (χ1v) is 14.3. The summed E-state index contributed by atoms with van der Waals surface area (Å²) in [5.41, 5.74) is 3.19. The summed E-state index contributed by atoms with van der Waals surface area (Å²) in [5, 5.41) is 27.3. The number of amides is 2. The highest BCUT2D eigenvalue weighted by atomic mass is 16.6. The SMILES string of the molecule is CC[C@H]1C[C@@H]2C(=O)N(c3ccc(Nc4ccccc4)cc3)C(=O)[C@@H]2[C@@H]2C[C@@H](c3ccc(O)c4ccccc34)O[C@]12O. The van der Waals surface area contributed by atoms with Gasteiger partial charge in [0.25, 0.3) is 0 Å². The highest BCUT2D eigenvalue weighted by Crippen LogP contribution is 2.59. The van der Waals surface area contributed by atoms with Crippen molar-refractivity contribution in [2.45, 2.75) is 38.1 Å². The van der Waals surface area contributed by atoms with Crippen LogP contribution in [0.3, 0.4) is 0 Å². The summed E-state index contributed by atoms with van der Waals surface area (Å²) >= 11 is 0. The number of benzene rings is 4. The van der Waals surface area contributed by atoms with Crippen molar-refractivity contribution in [1.29, 1.82) is 0 Å². The molecular weight excluding hydrogens is 516 g/mol. The normalized spacial score (nSPS) is 29.0. The second-order valence-electron chi connectivity index (χ2n) is 11.4. The number of phenolic OH excluding ortho intramolecular Hbond substituents is 1. The van der Waals surface area contributed by atoms with E-state index >= 15 is 0 Å². The number of nitrogens with zero attached hydrogens (tertiary/aromatic N) is 1. The molecule has 7 nitrogen and oxygen atoms in total. The molecule has 41 heavy (non-hydrogen) atoms. The Balaban J connectivity index is 1.20. The Morgan fingerprint density at radius 3 is 2.27 bits per heavy atom. The van der Waals surface area contributed by atoms with E-state index in [2.05, 4.69) is 5.32 Å². The fourth-order valence-corrected chi connectivity index (χ4v) is 7.36. The molecule has 6 atom stereocenters. The predicted molar refractivity (Wildman–Crippen MR) is 157 cm³/mol. The average molecular weight is 549 g/mol. The monoisotopic (exact) mass is 548 g/mol. The van der Waals surface area contributed by atoms with Crippen molar-refractivity contribution in [3.05, 3.63) is 96.6 Å². The lowest BCUT2D eigenvalue weighted by atomic mass is 9.64. The van der Waals surface area contributed by atoms with Crippen LogP contribution < -0.4 is 10.2 Å². The van der Waals surface area contributed by atoms with E-state index in [0.29, 0.717) is 30.3 Å². The lowest BCUT2D eigenvalue weighted by Gasteiger charge is -2.44. The molecule has 208 valence electrons. The summed E-state index contributed by atoms with van der Waals surface area (Å²) in [6, 6.07) is 28.1. The third kappa shape index (κ3) is 4.03. The van der Waals surface area contributed by atoms with Gasteiger partial charge in [0.15, 0.2) is 5.79 Å². The van der Waals surface area contributed by atoms with Crippen LogP contribution in [0.1, 0.15) is 37.9 Å². The van der Waals surface area contributed by atoms with E-state index in [0.717, 1.165) is 22.3 Å². The van der Waals surface area contributed by atoms with Gasteiger partial charge in [-0.1, -0.05) is 55.5 Å². The fourth-order valence-electron chi connectivity index (χ4n) is 7.36. The van der Waals surface area contributed by atoms with Gasteiger partial charge in [0.2, 0.25) is 11.8 Å². The lowest BCUT2D eigenvalue weighted by Crippen LogP contribution is -2.53. The fraction of sp³-hybridized carbons (Fsp3) is 0.294. The van der Waals surface area contributed by atoms with Crippen molar-refractivity contribution in [2.24, 2.45) is 23.7 Å². The third-order valence-corrected chi connectivity index (χ3v) is 9.33. The topological polar surface area (TPSA) is 99.1 Å². The predicted octanol–water partition coefficient (Wildman–Crippen LogP) is 6.29. The lowest BCUT2D eigenvalue weighted by molar-refractivity contribution is -0.269. The van der Waals surface area contributed by atoms with E-state index in [1.165, 1.54) is 4.90 Å². The second-order valence-corrected chi connectivity index (χ2v) is 11.4. The molecule has 1 aliphatic carbocycles. The van der Waals surface area contributed by atoms with Crippen LogP contribution in [0.25, 0.3) is 10.8 Å². The summed E-state index contributed by atoms with van der Waals surface area (Å²) in [6.07, 6.45) is 0.964. The summed E-state index contributed by atoms with van der Waals surface area (Å²) in [5.74, 6) is -3.79. The Hall–Kier alpha value is -4.20. The maximum Gasteiger partial charge on any atom is 0.238 e. The largest absolute Gasteiger partial charge is 0.507 e. The number of fused-ring (bicyclic) bond motifs is 4. The quantitative estimate of drug-likeness (QED) is 0.254. The number of anilines is 3. The number of carbonyl (C=O) groups is 2. The van der Waals surface area contributed by atoms with Crippen molar-refractivity contribution >= 4 is 39.6 Å². The van der Waals surface area contributed by atoms with Gasteiger partial charge < -0.3 is 20.3 Å². The van der Waals surface area contributed by atoms with Crippen LogP contribution in [0.5, 0.6) is 5.75 Å². The first-order valence-electron chi connectivity index (χ1n) is 14.3. The Morgan fingerprint density at radius 2 is 1.54 bits per heavy atom. The molecule has 0 radical (unpaired) electrons. The molecule has 3 N–H and O–H groups in total. The van der Waals surface area contributed by atoms with Crippen molar-refractivity contribution < 1.29 is 24.5 Å². The number of rotatable bonds is 5. The van der Waals surface area contributed by atoms with Crippen LogP contribution in [0.15, 0.2) is 91.0 Å². The molecule has 0 aromatic heterocycles. The van der Waals surface area contributed by atoms with Crippen LogP contribution >= 0.6 is 0 Å². The van der Waals surface area contributed by atoms with E-state index in [4.69, 9.17) is 4.74 Å². The molecule has 2 aliphatic heterocycles. The van der Waals surface area contributed by atoms with Crippen LogP contribution in [0.2, 0.25) is 0 Å². The van der Waals surface area contributed by atoms with Crippen LogP contribution in [-0.2, 0) is 14.3 Å². The van der Waals surface area contributed by atoms with Gasteiger partial charge in [-0.15, -0.1) is 0 Å². The van der Waals surface area contributed by atoms with E-state index < -0.39 is 29.6 Å². The molecular formula is C34H32N2O5. The molecule has 1 saturated carbocycles. The number of aliphatic hydroxyl groups is 1. The molecule has 0 bridgehead atoms. The highest BCUT2D eigenvalue weighted by Gasteiger charge is 2.66. The maximum absolute atomic E-state index is 14.0. The van der Waals surface area contributed by atoms with Gasteiger partial charge in [-0.05, 0) is 72.7 Å². The van der Waals surface area contributed by atoms with Crippen LogP contribution in [0.4, 0.5) is 17.1 Å². The molecule has 4 aromatic rings. The minimum absolute atomic E-state index is 0.183. The van der Waals surface area contributed by atoms with Crippen molar-refractivity contribution in [1.82, 2.24) is 0 Å². The van der Waals surface area contributed by atoms with Crippen molar-refractivity contribution in [3.8, 4) is 5.75 Å². The van der Waals surface area contributed by atoms with Gasteiger partial charge in [0, 0.05) is 28.6 Å². The number of carbonyl (C=O) groups excluding carboxylic acids is 2. The first kappa shape index (κ1) is 25.7. The molecule has 2 saturated heterocycles. The minimum atomic E-state index is -1.52. The second kappa shape index (κ2) is 9.72. The maximum atomic E-state index is 14.0. The van der Waals surface area contributed by atoms with Crippen LogP contribution in [0, 0.1) is 23.7 Å². The van der Waals surface area contributed by atoms with E-state index in [-0.39, 0.29) is 23.5 Å². The summed E-state index contributed by atoms with van der Waals surface area (Å²) in [4.78, 5) is 29.1. The molecule has 3 fully saturated rings. The zero-order valence-corrected chi connectivity index (χ0v) is 22.7. The zero-order valence-electron chi connectivity index (χ0n) is 22.7. The zero-order chi connectivity index (χ0) is 28.3. The van der Waals surface area contributed by atoms with Gasteiger partial charge in [-0.2, -0.15) is 0 Å². The van der Waals surface area contributed by atoms with E-state index in [1.54, 1.807) is 18.2 Å². The van der Waals surface area contributed by atoms with Crippen LogP contribution in [-0.4, -0.2) is 27.8 Å². The summed E-state index contributed by atoms with van der Waals surface area (Å²) in [7, 11) is 0. The van der Waals surface area contributed by atoms with E-state index in [9.17, 15) is 19.8 Å².